The standard InChI is InChI=1S/C16H21N3O/c1-2-19-8-7-12(11-19)9-18-16(20)14-10-17-15-6-4-3-5-13(14)15/h3-6,10,12,17H,2,7-9,11H2,1H3,(H,18,20). The van der Waals surface area contributed by atoms with Gasteiger partial charge in [-0.05, 0) is 31.5 Å². The first-order valence-electron chi connectivity index (χ1n) is 7.34. The van der Waals surface area contributed by atoms with E-state index in [1.54, 1.807) is 6.20 Å². The zero-order valence-electron chi connectivity index (χ0n) is 11.9. The van der Waals surface area contributed by atoms with Crippen molar-refractivity contribution in [2.75, 3.05) is 26.2 Å². The fraction of sp³-hybridized carbons (Fsp3) is 0.438. The molecule has 1 aliphatic heterocycles. The largest absolute Gasteiger partial charge is 0.360 e. The highest BCUT2D eigenvalue weighted by Crippen LogP contribution is 2.18. The summed E-state index contributed by atoms with van der Waals surface area (Å²) < 4.78 is 0. The summed E-state index contributed by atoms with van der Waals surface area (Å²) in [5.74, 6) is 0.613. The molecule has 20 heavy (non-hydrogen) atoms. The van der Waals surface area contributed by atoms with Crippen molar-refractivity contribution in [3.8, 4) is 0 Å². The molecule has 1 fully saturated rings. The molecule has 3 rings (SSSR count). The number of rotatable bonds is 4. The Balaban J connectivity index is 1.62. The molecule has 2 N–H and O–H groups in total. The molecule has 1 aromatic carbocycles. The number of likely N-dealkylation sites (tertiary alicyclic amines) is 1. The van der Waals surface area contributed by atoms with Gasteiger partial charge in [0.1, 0.15) is 0 Å². The lowest BCUT2D eigenvalue weighted by Gasteiger charge is -2.13. The summed E-state index contributed by atoms with van der Waals surface area (Å²) in [6.45, 7) is 6.32. The van der Waals surface area contributed by atoms with Gasteiger partial charge in [-0.1, -0.05) is 25.1 Å². The van der Waals surface area contributed by atoms with E-state index in [0.717, 1.165) is 42.6 Å². The Bertz CT molecular complexity index is 605. The highest BCUT2D eigenvalue weighted by Gasteiger charge is 2.22. The average molecular weight is 271 g/mol. The van der Waals surface area contributed by atoms with Crippen molar-refractivity contribution in [3.05, 3.63) is 36.0 Å². The van der Waals surface area contributed by atoms with E-state index in [9.17, 15) is 4.79 Å². The third kappa shape index (κ3) is 2.56. The monoisotopic (exact) mass is 271 g/mol. The van der Waals surface area contributed by atoms with Crippen LogP contribution in [-0.2, 0) is 0 Å². The number of nitrogens with one attached hydrogen (secondary N) is 2. The highest BCUT2D eigenvalue weighted by atomic mass is 16.1. The van der Waals surface area contributed by atoms with E-state index in [2.05, 4.69) is 22.1 Å². The molecule has 4 nitrogen and oxygen atoms in total. The van der Waals surface area contributed by atoms with Crippen molar-refractivity contribution in [1.29, 1.82) is 0 Å². The molecule has 2 aromatic rings. The fourth-order valence-electron chi connectivity index (χ4n) is 2.96. The molecule has 106 valence electrons. The van der Waals surface area contributed by atoms with Crippen molar-refractivity contribution < 1.29 is 4.79 Å². The Morgan fingerprint density at radius 1 is 1.45 bits per heavy atom. The predicted octanol–water partition coefficient (Wildman–Crippen LogP) is 2.24. The Morgan fingerprint density at radius 3 is 3.10 bits per heavy atom. The Kier molecular flexibility index (Phi) is 3.74. The van der Waals surface area contributed by atoms with Crippen LogP contribution in [0.25, 0.3) is 10.9 Å². The summed E-state index contributed by atoms with van der Waals surface area (Å²) in [6, 6.07) is 7.90. The number of carbonyl (C=O) groups excluding carboxylic acids is 1. The number of hydrogen-bond acceptors (Lipinski definition) is 2. The maximum absolute atomic E-state index is 12.3. The summed E-state index contributed by atoms with van der Waals surface area (Å²) in [4.78, 5) is 17.9. The highest BCUT2D eigenvalue weighted by molar-refractivity contribution is 6.06. The van der Waals surface area contributed by atoms with E-state index in [-0.39, 0.29) is 5.91 Å². The summed E-state index contributed by atoms with van der Waals surface area (Å²) in [5.41, 5.74) is 1.75. The van der Waals surface area contributed by atoms with Gasteiger partial charge in [0.2, 0.25) is 0 Å². The number of hydrogen-bond donors (Lipinski definition) is 2. The summed E-state index contributed by atoms with van der Waals surface area (Å²) in [6.07, 6.45) is 2.98. The van der Waals surface area contributed by atoms with Crippen LogP contribution in [0.1, 0.15) is 23.7 Å². The minimum absolute atomic E-state index is 0.0254. The summed E-state index contributed by atoms with van der Waals surface area (Å²) >= 11 is 0. The van der Waals surface area contributed by atoms with E-state index in [1.165, 1.54) is 6.42 Å². The lowest BCUT2D eigenvalue weighted by molar-refractivity contribution is 0.0949. The first-order valence-corrected chi connectivity index (χ1v) is 7.34. The minimum Gasteiger partial charge on any atom is -0.360 e. The molecule has 1 aromatic heterocycles. The van der Waals surface area contributed by atoms with Crippen molar-refractivity contribution in [2.45, 2.75) is 13.3 Å². The number of para-hydroxylation sites is 1. The molecule has 1 amide bonds. The van der Waals surface area contributed by atoms with Gasteiger partial charge in [-0.15, -0.1) is 0 Å². The maximum Gasteiger partial charge on any atom is 0.253 e. The fourth-order valence-corrected chi connectivity index (χ4v) is 2.96. The molecule has 0 spiro atoms. The minimum atomic E-state index is 0.0254. The topological polar surface area (TPSA) is 48.1 Å². The van der Waals surface area contributed by atoms with E-state index in [4.69, 9.17) is 0 Å². The van der Waals surface area contributed by atoms with E-state index in [0.29, 0.717) is 5.92 Å². The van der Waals surface area contributed by atoms with Crippen molar-refractivity contribution in [2.24, 2.45) is 5.92 Å². The third-order valence-corrected chi connectivity index (χ3v) is 4.20. The van der Waals surface area contributed by atoms with Crippen LogP contribution in [0.15, 0.2) is 30.5 Å². The predicted molar refractivity (Wildman–Crippen MR) is 80.9 cm³/mol. The third-order valence-electron chi connectivity index (χ3n) is 4.20. The number of H-pyrrole nitrogens is 1. The molecular formula is C16H21N3O. The number of carbonyl (C=O) groups is 1. The number of benzene rings is 1. The molecule has 2 heterocycles. The van der Waals surface area contributed by atoms with Crippen LogP contribution < -0.4 is 5.32 Å². The Morgan fingerprint density at radius 2 is 2.30 bits per heavy atom. The van der Waals surface area contributed by atoms with Gasteiger partial charge >= 0.3 is 0 Å². The molecule has 4 heteroatoms. The second-order valence-corrected chi connectivity index (χ2v) is 5.51. The number of amides is 1. The van der Waals surface area contributed by atoms with Crippen LogP contribution >= 0.6 is 0 Å². The number of nitrogens with zero attached hydrogens (tertiary/aromatic N) is 1. The van der Waals surface area contributed by atoms with E-state index >= 15 is 0 Å². The van der Waals surface area contributed by atoms with Gasteiger partial charge in [0.05, 0.1) is 5.56 Å². The summed E-state index contributed by atoms with van der Waals surface area (Å²) in [7, 11) is 0. The van der Waals surface area contributed by atoms with Crippen LogP contribution in [0.5, 0.6) is 0 Å². The van der Waals surface area contributed by atoms with Crippen molar-refractivity contribution in [1.82, 2.24) is 15.2 Å². The van der Waals surface area contributed by atoms with Gasteiger partial charge in [-0.3, -0.25) is 4.79 Å². The van der Waals surface area contributed by atoms with Crippen LogP contribution in [0.4, 0.5) is 0 Å². The molecular weight excluding hydrogens is 250 g/mol. The van der Waals surface area contributed by atoms with Crippen LogP contribution in [-0.4, -0.2) is 42.0 Å². The van der Waals surface area contributed by atoms with Crippen LogP contribution in [0.2, 0.25) is 0 Å². The van der Waals surface area contributed by atoms with E-state index < -0.39 is 0 Å². The molecule has 1 aliphatic rings. The quantitative estimate of drug-likeness (QED) is 0.896. The average Bonchev–Trinajstić information content (AvgIpc) is 3.11. The molecule has 1 atom stereocenters. The SMILES string of the molecule is CCN1CCC(CNC(=O)c2c[nH]c3ccccc23)C1. The van der Waals surface area contributed by atoms with Crippen molar-refractivity contribution in [3.63, 3.8) is 0 Å². The second kappa shape index (κ2) is 5.67. The smallest absolute Gasteiger partial charge is 0.253 e. The maximum atomic E-state index is 12.3. The van der Waals surface area contributed by atoms with Gasteiger partial charge in [0, 0.05) is 30.2 Å². The zero-order chi connectivity index (χ0) is 13.9. The Labute approximate surface area is 119 Å². The van der Waals surface area contributed by atoms with Gasteiger partial charge in [-0.2, -0.15) is 0 Å². The molecule has 1 saturated heterocycles. The lowest BCUT2D eigenvalue weighted by atomic mass is 10.1. The van der Waals surface area contributed by atoms with Gasteiger partial charge in [0.25, 0.3) is 5.91 Å². The second-order valence-electron chi connectivity index (χ2n) is 5.51. The van der Waals surface area contributed by atoms with Crippen LogP contribution in [0, 0.1) is 5.92 Å². The van der Waals surface area contributed by atoms with Gasteiger partial charge in [-0.25, -0.2) is 0 Å². The lowest BCUT2D eigenvalue weighted by Crippen LogP contribution is -2.30. The van der Waals surface area contributed by atoms with Gasteiger partial charge < -0.3 is 15.2 Å². The molecule has 0 aliphatic carbocycles. The number of aromatic amines is 1. The molecule has 0 bridgehead atoms. The first kappa shape index (κ1) is 13.2. The zero-order valence-corrected chi connectivity index (χ0v) is 11.9. The van der Waals surface area contributed by atoms with Crippen molar-refractivity contribution >= 4 is 16.8 Å². The normalized spacial score (nSPS) is 19.6. The van der Waals surface area contributed by atoms with Crippen LogP contribution in [0.3, 0.4) is 0 Å². The Hall–Kier alpha value is -1.81. The van der Waals surface area contributed by atoms with Gasteiger partial charge in [0.15, 0.2) is 0 Å². The molecule has 1 unspecified atom stereocenters. The van der Waals surface area contributed by atoms with E-state index in [1.807, 2.05) is 24.3 Å². The number of aromatic nitrogens is 1. The summed E-state index contributed by atoms with van der Waals surface area (Å²) in [5, 5.41) is 4.07. The molecule has 0 saturated carbocycles. The molecule has 0 radical (unpaired) electrons. The first-order chi connectivity index (χ1) is 9.78. The number of fused-ring (bicyclic) bond motifs is 1.